The van der Waals surface area contributed by atoms with Gasteiger partial charge in [-0.3, -0.25) is 0 Å². The molecule has 0 amide bonds. The molecule has 0 spiro atoms. The molecule has 1 nitrogen and oxygen atoms in total. The lowest BCUT2D eigenvalue weighted by Gasteiger charge is -2.05. The Kier molecular flexibility index (Phi) is 3.23. The predicted molar refractivity (Wildman–Crippen MR) is 62.7 cm³/mol. The maximum absolute atomic E-state index is 5.76. The largest absolute Gasteiger partial charge is 0.458 e. The lowest BCUT2D eigenvalue weighted by atomic mass is 10.1. The molecule has 1 heteroatoms. The van der Waals surface area contributed by atoms with E-state index in [1.165, 1.54) is 0 Å². The average Bonchev–Trinajstić information content (AvgIpc) is 2.46. The van der Waals surface area contributed by atoms with Crippen LogP contribution in [-0.4, -0.2) is 0 Å². The quantitative estimate of drug-likeness (QED) is 0.702. The third-order valence-electron chi connectivity index (χ3n) is 2.52. The Morgan fingerprint density at radius 2 is 1.93 bits per heavy atom. The van der Waals surface area contributed by atoms with Gasteiger partial charge in [-0.15, -0.1) is 0 Å². The fraction of sp³-hybridized carbons (Fsp3) is 0.286. The van der Waals surface area contributed by atoms with Crippen LogP contribution in [0, 0.1) is 5.92 Å². The van der Waals surface area contributed by atoms with Crippen LogP contribution in [0.15, 0.2) is 54.3 Å². The average molecular weight is 200 g/mol. The van der Waals surface area contributed by atoms with Gasteiger partial charge in [0.05, 0.1) is 0 Å². The van der Waals surface area contributed by atoms with Crippen LogP contribution in [0.25, 0.3) is 0 Å². The molecule has 1 aromatic carbocycles. The Morgan fingerprint density at radius 1 is 1.13 bits per heavy atom. The molecule has 0 bridgehead atoms. The van der Waals surface area contributed by atoms with Crippen molar-refractivity contribution in [3.8, 4) is 5.75 Å². The zero-order valence-corrected chi connectivity index (χ0v) is 9.02. The second-order valence-electron chi connectivity index (χ2n) is 4.00. The molecule has 0 saturated carbocycles. The summed E-state index contributed by atoms with van der Waals surface area (Å²) in [5.74, 6) is 2.59. The van der Waals surface area contributed by atoms with Crippen molar-refractivity contribution in [3.63, 3.8) is 0 Å². The number of allylic oxidation sites excluding steroid dienone is 3. The molecule has 78 valence electrons. The van der Waals surface area contributed by atoms with Gasteiger partial charge in [0, 0.05) is 0 Å². The molecular formula is C14H16O. The molecule has 1 unspecified atom stereocenters. The van der Waals surface area contributed by atoms with E-state index in [1.54, 1.807) is 0 Å². The van der Waals surface area contributed by atoms with Gasteiger partial charge in [0.25, 0.3) is 0 Å². The summed E-state index contributed by atoms with van der Waals surface area (Å²) >= 11 is 0. The predicted octanol–water partition coefficient (Wildman–Crippen LogP) is 3.94. The SMILES string of the molecule is CC1CC=CC(Oc2ccccc2)=CC1. The van der Waals surface area contributed by atoms with Crippen molar-refractivity contribution in [3.05, 3.63) is 54.3 Å². The van der Waals surface area contributed by atoms with Crippen molar-refractivity contribution in [2.75, 3.05) is 0 Å². The standard InChI is InChI=1S/C14H16O/c1-12-6-5-9-14(11-10-12)15-13-7-3-2-4-8-13/h2-5,7-9,11-12H,6,10H2,1H3. The van der Waals surface area contributed by atoms with Crippen LogP contribution in [0.2, 0.25) is 0 Å². The highest BCUT2D eigenvalue weighted by Crippen LogP contribution is 2.19. The molecule has 1 aliphatic carbocycles. The lowest BCUT2D eigenvalue weighted by molar-refractivity contribution is 0.441. The molecule has 0 saturated heterocycles. The second-order valence-corrected chi connectivity index (χ2v) is 4.00. The van der Waals surface area contributed by atoms with Crippen molar-refractivity contribution >= 4 is 0 Å². The molecule has 1 aliphatic rings. The van der Waals surface area contributed by atoms with E-state index in [1.807, 2.05) is 30.3 Å². The summed E-state index contributed by atoms with van der Waals surface area (Å²) in [6.45, 7) is 2.26. The van der Waals surface area contributed by atoms with Crippen LogP contribution in [0.4, 0.5) is 0 Å². The molecule has 0 radical (unpaired) electrons. The van der Waals surface area contributed by atoms with Gasteiger partial charge in [0.1, 0.15) is 11.5 Å². The number of hydrogen-bond acceptors (Lipinski definition) is 1. The first-order valence-corrected chi connectivity index (χ1v) is 5.44. The fourth-order valence-corrected chi connectivity index (χ4v) is 1.60. The lowest BCUT2D eigenvalue weighted by Crippen LogP contribution is -1.92. The maximum atomic E-state index is 5.76. The van der Waals surface area contributed by atoms with Gasteiger partial charge in [-0.05, 0) is 43.0 Å². The van der Waals surface area contributed by atoms with Gasteiger partial charge in [-0.1, -0.05) is 31.2 Å². The molecular weight excluding hydrogens is 184 g/mol. The van der Waals surface area contributed by atoms with Gasteiger partial charge in [0.2, 0.25) is 0 Å². The summed E-state index contributed by atoms with van der Waals surface area (Å²) in [6, 6.07) is 9.91. The van der Waals surface area contributed by atoms with Gasteiger partial charge in [0.15, 0.2) is 0 Å². The van der Waals surface area contributed by atoms with Crippen LogP contribution < -0.4 is 4.74 Å². The summed E-state index contributed by atoms with van der Waals surface area (Å²) in [4.78, 5) is 0. The highest BCUT2D eigenvalue weighted by molar-refractivity contribution is 5.27. The van der Waals surface area contributed by atoms with Gasteiger partial charge >= 0.3 is 0 Å². The van der Waals surface area contributed by atoms with E-state index in [4.69, 9.17) is 4.74 Å². The van der Waals surface area contributed by atoms with Crippen molar-refractivity contribution < 1.29 is 4.74 Å². The minimum Gasteiger partial charge on any atom is -0.458 e. The smallest absolute Gasteiger partial charge is 0.127 e. The molecule has 1 aromatic rings. The van der Waals surface area contributed by atoms with Crippen molar-refractivity contribution in [1.82, 2.24) is 0 Å². The minimum absolute atomic E-state index is 0.720. The molecule has 15 heavy (non-hydrogen) atoms. The summed E-state index contributed by atoms with van der Waals surface area (Å²) in [6.07, 6.45) is 8.65. The molecule has 0 aliphatic heterocycles. The fourth-order valence-electron chi connectivity index (χ4n) is 1.60. The van der Waals surface area contributed by atoms with Crippen LogP contribution in [0.5, 0.6) is 5.75 Å². The van der Waals surface area contributed by atoms with E-state index in [2.05, 4.69) is 25.2 Å². The van der Waals surface area contributed by atoms with E-state index in [0.717, 1.165) is 30.3 Å². The van der Waals surface area contributed by atoms with Crippen molar-refractivity contribution in [2.24, 2.45) is 5.92 Å². The summed E-state index contributed by atoms with van der Waals surface area (Å²) in [5.41, 5.74) is 0. The number of rotatable bonds is 2. The van der Waals surface area contributed by atoms with E-state index in [9.17, 15) is 0 Å². The monoisotopic (exact) mass is 200 g/mol. The second kappa shape index (κ2) is 4.83. The van der Waals surface area contributed by atoms with Gasteiger partial charge in [-0.25, -0.2) is 0 Å². The van der Waals surface area contributed by atoms with Crippen molar-refractivity contribution in [1.29, 1.82) is 0 Å². The Labute approximate surface area is 91.1 Å². The van der Waals surface area contributed by atoms with Crippen LogP contribution in [0.3, 0.4) is 0 Å². The Morgan fingerprint density at radius 3 is 2.73 bits per heavy atom. The van der Waals surface area contributed by atoms with Crippen molar-refractivity contribution in [2.45, 2.75) is 19.8 Å². The normalized spacial score (nSPS) is 20.6. The Hall–Kier alpha value is -1.50. The van der Waals surface area contributed by atoms with Crippen LogP contribution >= 0.6 is 0 Å². The summed E-state index contributed by atoms with van der Waals surface area (Å²) in [7, 11) is 0. The first kappa shape index (κ1) is 10.0. The molecule has 0 aromatic heterocycles. The Balaban J connectivity index is 2.06. The van der Waals surface area contributed by atoms with E-state index >= 15 is 0 Å². The third-order valence-corrected chi connectivity index (χ3v) is 2.52. The zero-order chi connectivity index (χ0) is 10.5. The Bertz CT molecular complexity index is 362. The van der Waals surface area contributed by atoms with E-state index in [-0.39, 0.29) is 0 Å². The maximum Gasteiger partial charge on any atom is 0.127 e. The van der Waals surface area contributed by atoms with E-state index in [0.29, 0.717) is 0 Å². The van der Waals surface area contributed by atoms with Crippen LogP contribution in [0.1, 0.15) is 19.8 Å². The molecule has 1 atom stereocenters. The van der Waals surface area contributed by atoms with Gasteiger partial charge < -0.3 is 4.74 Å². The molecule has 0 N–H and O–H groups in total. The highest BCUT2D eigenvalue weighted by atomic mass is 16.5. The first-order valence-electron chi connectivity index (χ1n) is 5.44. The zero-order valence-electron chi connectivity index (χ0n) is 9.02. The summed E-state index contributed by atoms with van der Waals surface area (Å²) < 4.78 is 5.76. The molecule has 0 fully saturated rings. The summed E-state index contributed by atoms with van der Waals surface area (Å²) in [5, 5.41) is 0. The van der Waals surface area contributed by atoms with Crippen LogP contribution in [-0.2, 0) is 0 Å². The number of para-hydroxylation sites is 1. The molecule has 0 heterocycles. The van der Waals surface area contributed by atoms with E-state index < -0.39 is 0 Å². The molecule has 2 rings (SSSR count). The topological polar surface area (TPSA) is 9.23 Å². The number of ether oxygens (including phenoxy) is 1. The van der Waals surface area contributed by atoms with Gasteiger partial charge in [-0.2, -0.15) is 0 Å². The number of benzene rings is 1. The minimum atomic E-state index is 0.720. The number of hydrogen-bond donors (Lipinski definition) is 0. The third kappa shape index (κ3) is 2.98. The highest BCUT2D eigenvalue weighted by Gasteiger charge is 2.04. The first-order chi connectivity index (χ1) is 7.34.